The fraction of sp³-hybridized carbons (Fsp3) is 0. The topological polar surface area (TPSA) is 77.3 Å². The van der Waals surface area contributed by atoms with Crippen LogP contribution in [0.4, 0.5) is 5.69 Å². The summed E-state index contributed by atoms with van der Waals surface area (Å²) in [6.45, 7) is 0. The van der Waals surface area contributed by atoms with Crippen LogP contribution in [-0.2, 0) is 9.05 Å². The van der Waals surface area contributed by atoms with Crippen LogP contribution in [0.3, 0.4) is 0 Å². The maximum absolute atomic E-state index is 11.1. The Morgan fingerprint density at radius 3 is 2.27 bits per heavy atom. The van der Waals surface area contributed by atoms with Gasteiger partial charge >= 0.3 is 0 Å². The van der Waals surface area contributed by atoms with Gasteiger partial charge in [0.25, 0.3) is 14.7 Å². The second-order valence-electron chi connectivity index (χ2n) is 2.40. The molecule has 1 rings (SSSR count). The maximum atomic E-state index is 11.1. The van der Waals surface area contributed by atoms with E-state index >= 15 is 0 Å². The van der Waals surface area contributed by atoms with Crippen molar-refractivity contribution in [1.82, 2.24) is 0 Å². The Bertz CT molecular complexity index is 530. The Morgan fingerprint density at radius 1 is 1.33 bits per heavy atom. The predicted molar refractivity (Wildman–Crippen MR) is 61.5 cm³/mol. The van der Waals surface area contributed by atoms with Crippen LogP contribution in [0.15, 0.2) is 26.0 Å². The maximum Gasteiger partial charge on any atom is 0.290 e. The quantitative estimate of drug-likeness (QED) is 0.450. The number of rotatable bonds is 2. The van der Waals surface area contributed by atoms with Crippen LogP contribution >= 0.6 is 42.5 Å². The van der Waals surface area contributed by atoms with E-state index in [1.54, 1.807) is 0 Å². The van der Waals surface area contributed by atoms with Gasteiger partial charge in [0, 0.05) is 21.2 Å². The summed E-state index contributed by atoms with van der Waals surface area (Å²) in [5.41, 5.74) is -0.569. The highest BCUT2D eigenvalue weighted by molar-refractivity contribution is 9.13. The minimum absolute atomic E-state index is 0.0340. The highest BCUT2D eigenvalue weighted by atomic mass is 79.9. The summed E-state index contributed by atoms with van der Waals surface area (Å²) in [7, 11) is 0.924. The van der Waals surface area contributed by atoms with Crippen LogP contribution in [0.1, 0.15) is 0 Å². The molecule has 0 saturated heterocycles. The third-order valence-corrected chi connectivity index (χ3v) is 5.11. The Kier molecular flexibility index (Phi) is 3.75. The van der Waals surface area contributed by atoms with Crippen LogP contribution in [0, 0.1) is 10.1 Å². The molecule has 0 radical (unpaired) electrons. The van der Waals surface area contributed by atoms with Crippen LogP contribution in [0.25, 0.3) is 0 Å². The summed E-state index contributed by atoms with van der Waals surface area (Å²) in [5.74, 6) is 0. The third kappa shape index (κ3) is 2.68. The molecule has 0 heterocycles. The lowest BCUT2D eigenvalue weighted by Gasteiger charge is -2.03. The molecule has 0 unspecified atom stereocenters. The number of nitro groups is 1. The van der Waals surface area contributed by atoms with Gasteiger partial charge < -0.3 is 0 Å². The molecule has 0 aromatic heterocycles. The molecule has 0 atom stereocenters. The fourth-order valence-corrected chi connectivity index (χ4v) is 3.80. The molecule has 0 aliphatic carbocycles. The molecular weight excluding hydrogens is 377 g/mol. The first-order valence-electron chi connectivity index (χ1n) is 3.32. The molecule has 1 aromatic rings. The predicted octanol–water partition coefficient (Wildman–Crippen LogP) is 3.05. The number of nitrogens with zero attached hydrogens (tertiary/aromatic N) is 1. The van der Waals surface area contributed by atoms with Crippen LogP contribution < -0.4 is 0 Å². The van der Waals surface area contributed by atoms with Crippen LogP contribution in [0.2, 0.25) is 0 Å². The molecule has 0 amide bonds. The number of hydrogen-bond donors (Lipinski definition) is 0. The van der Waals surface area contributed by atoms with Crippen LogP contribution in [0.5, 0.6) is 0 Å². The highest BCUT2D eigenvalue weighted by Gasteiger charge is 2.28. The smallest absolute Gasteiger partial charge is 0.258 e. The van der Waals surface area contributed by atoms with Crippen molar-refractivity contribution in [3.05, 3.63) is 31.2 Å². The van der Waals surface area contributed by atoms with Gasteiger partial charge in [0.05, 0.1) is 9.40 Å². The molecule has 0 saturated carbocycles. The molecule has 15 heavy (non-hydrogen) atoms. The van der Waals surface area contributed by atoms with Crippen molar-refractivity contribution in [3.63, 3.8) is 0 Å². The lowest BCUT2D eigenvalue weighted by molar-refractivity contribution is -0.387. The molecule has 0 spiro atoms. The minimum Gasteiger partial charge on any atom is -0.258 e. The van der Waals surface area contributed by atoms with E-state index in [0.29, 0.717) is 4.47 Å². The van der Waals surface area contributed by atoms with Gasteiger partial charge in [0.1, 0.15) is 0 Å². The first-order chi connectivity index (χ1) is 6.75. The fourth-order valence-electron chi connectivity index (χ4n) is 0.898. The van der Waals surface area contributed by atoms with Crippen molar-refractivity contribution in [1.29, 1.82) is 0 Å². The van der Waals surface area contributed by atoms with Crippen molar-refractivity contribution < 1.29 is 13.3 Å². The summed E-state index contributed by atoms with van der Waals surface area (Å²) < 4.78 is 22.7. The van der Waals surface area contributed by atoms with E-state index in [4.69, 9.17) is 10.7 Å². The van der Waals surface area contributed by atoms with Gasteiger partial charge in [-0.2, -0.15) is 0 Å². The lowest BCUT2D eigenvalue weighted by Crippen LogP contribution is -2.00. The molecule has 82 valence electrons. The Hall–Kier alpha value is -0.180. The molecule has 5 nitrogen and oxygen atoms in total. The third-order valence-electron chi connectivity index (χ3n) is 1.47. The lowest BCUT2D eigenvalue weighted by atomic mass is 10.3. The van der Waals surface area contributed by atoms with E-state index in [0.717, 1.165) is 6.07 Å². The first-order valence-corrected chi connectivity index (χ1v) is 7.21. The molecule has 0 aliphatic heterocycles. The summed E-state index contributed by atoms with van der Waals surface area (Å²) in [4.78, 5) is 9.21. The van der Waals surface area contributed by atoms with Gasteiger partial charge in [0.2, 0.25) is 0 Å². The Labute approximate surface area is 106 Å². The van der Waals surface area contributed by atoms with Gasteiger partial charge in [-0.15, -0.1) is 0 Å². The Morgan fingerprint density at radius 2 is 1.87 bits per heavy atom. The molecule has 0 aliphatic rings. The normalized spacial score (nSPS) is 11.4. The molecule has 0 N–H and O–H groups in total. The monoisotopic (exact) mass is 377 g/mol. The van der Waals surface area contributed by atoms with Gasteiger partial charge in [-0.05, 0) is 37.9 Å². The van der Waals surface area contributed by atoms with Gasteiger partial charge in [-0.25, -0.2) is 8.42 Å². The number of nitro benzene ring substituents is 1. The second-order valence-corrected chi connectivity index (χ2v) is 6.55. The van der Waals surface area contributed by atoms with E-state index in [2.05, 4.69) is 31.9 Å². The zero-order valence-electron chi connectivity index (χ0n) is 6.78. The zero-order chi connectivity index (χ0) is 11.8. The minimum atomic E-state index is -4.18. The molecular formula is C6H2Br2ClNO4S. The number of benzene rings is 1. The second kappa shape index (κ2) is 4.36. The summed E-state index contributed by atoms with van der Waals surface area (Å²) in [6, 6.07) is 2.41. The Balaban J connectivity index is 3.72. The van der Waals surface area contributed by atoms with E-state index in [9.17, 15) is 18.5 Å². The van der Waals surface area contributed by atoms with Crippen LogP contribution in [-0.4, -0.2) is 13.3 Å². The van der Waals surface area contributed by atoms with Crippen molar-refractivity contribution in [2.24, 2.45) is 0 Å². The van der Waals surface area contributed by atoms with Crippen molar-refractivity contribution in [2.75, 3.05) is 0 Å². The molecule has 0 fully saturated rings. The SMILES string of the molecule is O=[N+]([O-])c1ccc(Br)c(Br)c1S(=O)(=O)Cl. The van der Waals surface area contributed by atoms with Gasteiger partial charge in [-0.1, -0.05) is 0 Å². The molecule has 0 bridgehead atoms. The summed E-state index contributed by atoms with van der Waals surface area (Å²) in [5, 5.41) is 10.6. The van der Waals surface area contributed by atoms with E-state index in [1.165, 1.54) is 6.07 Å². The number of halogens is 3. The average molecular weight is 379 g/mol. The standard InChI is InChI=1S/C6H2Br2ClNO4S/c7-3-1-2-4(10(11)12)6(5(3)8)15(9,13)14/h1-2H. The molecule has 9 heteroatoms. The highest BCUT2D eigenvalue weighted by Crippen LogP contribution is 2.38. The van der Waals surface area contributed by atoms with E-state index < -0.39 is 24.6 Å². The largest absolute Gasteiger partial charge is 0.290 e. The van der Waals surface area contributed by atoms with Crippen molar-refractivity contribution in [2.45, 2.75) is 4.90 Å². The summed E-state index contributed by atoms with van der Waals surface area (Å²) >= 11 is 5.95. The summed E-state index contributed by atoms with van der Waals surface area (Å²) in [6.07, 6.45) is 0. The average Bonchev–Trinajstić information content (AvgIpc) is 2.06. The van der Waals surface area contributed by atoms with Gasteiger partial charge in [-0.3, -0.25) is 10.1 Å². The van der Waals surface area contributed by atoms with Crippen molar-refractivity contribution >= 4 is 57.3 Å². The number of hydrogen-bond acceptors (Lipinski definition) is 4. The van der Waals surface area contributed by atoms with E-state index in [1.807, 2.05) is 0 Å². The van der Waals surface area contributed by atoms with E-state index in [-0.39, 0.29) is 4.47 Å². The van der Waals surface area contributed by atoms with Crippen molar-refractivity contribution in [3.8, 4) is 0 Å². The molecule has 1 aromatic carbocycles. The van der Waals surface area contributed by atoms with Gasteiger partial charge in [0.15, 0.2) is 4.90 Å². The first kappa shape index (κ1) is 12.9. The zero-order valence-corrected chi connectivity index (χ0v) is 11.5.